The van der Waals surface area contributed by atoms with Crippen molar-refractivity contribution in [2.24, 2.45) is 5.92 Å². The SMILES string of the molecule is COc1cccc(-c2noc(C3CCCCN3C(=O)C3CCCCC3)n2)c1. The van der Waals surface area contributed by atoms with Crippen LogP contribution in [0.3, 0.4) is 0 Å². The van der Waals surface area contributed by atoms with Crippen LogP contribution in [0.25, 0.3) is 11.4 Å². The molecule has 2 fully saturated rings. The number of amides is 1. The molecule has 0 spiro atoms. The lowest BCUT2D eigenvalue weighted by Crippen LogP contribution is -2.42. The Labute approximate surface area is 159 Å². The van der Waals surface area contributed by atoms with Crippen molar-refractivity contribution in [3.63, 3.8) is 0 Å². The Morgan fingerprint density at radius 1 is 1.15 bits per heavy atom. The maximum absolute atomic E-state index is 13.1. The van der Waals surface area contributed by atoms with Crippen LogP contribution in [0.5, 0.6) is 5.75 Å². The average Bonchev–Trinajstić information content (AvgIpc) is 3.24. The maximum atomic E-state index is 13.1. The third-order valence-corrected chi connectivity index (χ3v) is 5.80. The van der Waals surface area contributed by atoms with Gasteiger partial charge in [-0.3, -0.25) is 4.79 Å². The molecule has 0 radical (unpaired) electrons. The van der Waals surface area contributed by atoms with Crippen molar-refractivity contribution >= 4 is 5.91 Å². The fourth-order valence-corrected chi connectivity index (χ4v) is 4.29. The molecule has 1 saturated carbocycles. The second-order valence-corrected chi connectivity index (χ2v) is 7.57. The van der Waals surface area contributed by atoms with Gasteiger partial charge in [0.1, 0.15) is 11.8 Å². The van der Waals surface area contributed by atoms with E-state index in [1.807, 2.05) is 29.2 Å². The first-order valence-electron chi connectivity index (χ1n) is 10.0. The van der Waals surface area contributed by atoms with Crippen molar-refractivity contribution in [2.75, 3.05) is 13.7 Å². The number of nitrogens with zero attached hydrogens (tertiary/aromatic N) is 3. The molecule has 2 aromatic rings. The van der Waals surface area contributed by atoms with E-state index in [0.29, 0.717) is 11.7 Å². The van der Waals surface area contributed by atoms with Crippen molar-refractivity contribution in [1.82, 2.24) is 15.0 Å². The van der Waals surface area contributed by atoms with Crippen LogP contribution in [0.15, 0.2) is 28.8 Å². The second kappa shape index (κ2) is 8.11. The van der Waals surface area contributed by atoms with Crippen molar-refractivity contribution < 1.29 is 14.1 Å². The monoisotopic (exact) mass is 369 g/mol. The number of carbonyl (C=O) groups excluding carboxylic acids is 1. The summed E-state index contributed by atoms with van der Waals surface area (Å²) in [5.74, 6) is 2.29. The van der Waals surface area contributed by atoms with E-state index in [4.69, 9.17) is 9.26 Å². The lowest BCUT2D eigenvalue weighted by molar-refractivity contribution is -0.141. The minimum Gasteiger partial charge on any atom is -0.497 e. The summed E-state index contributed by atoms with van der Waals surface area (Å²) >= 11 is 0. The van der Waals surface area contributed by atoms with Crippen LogP contribution in [0.4, 0.5) is 0 Å². The molecule has 6 heteroatoms. The number of likely N-dealkylation sites (tertiary alicyclic amines) is 1. The zero-order chi connectivity index (χ0) is 18.6. The number of piperidine rings is 1. The largest absolute Gasteiger partial charge is 0.497 e. The van der Waals surface area contributed by atoms with Crippen LogP contribution in [0, 0.1) is 5.92 Å². The zero-order valence-electron chi connectivity index (χ0n) is 15.9. The molecule has 1 atom stereocenters. The van der Waals surface area contributed by atoms with Crippen molar-refractivity contribution in [2.45, 2.75) is 57.4 Å². The third kappa shape index (κ3) is 3.84. The minimum atomic E-state index is -0.0972. The summed E-state index contributed by atoms with van der Waals surface area (Å²) in [5, 5.41) is 4.16. The van der Waals surface area contributed by atoms with Gasteiger partial charge in [0.05, 0.1) is 7.11 Å². The number of methoxy groups -OCH3 is 1. The number of hydrogen-bond acceptors (Lipinski definition) is 5. The van der Waals surface area contributed by atoms with Gasteiger partial charge < -0.3 is 14.2 Å². The lowest BCUT2D eigenvalue weighted by atomic mass is 9.87. The molecule has 1 aromatic heterocycles. The van der Waals surface area contributed by atoms with E-state index < -0.39 is 0 Å². The topological polar surface area (TPSA) is 68.5 Å². The second-order valence-electron chi connectivity index (χ2n) is 7.57. The Hall–Kier alpha value is -2.37. The summed E-state index contributed by atoms with van der Waals surface area (Å²) in [4.78, 5) is 19.7. The van der Waals surface area contributed by atoms with Crippen molar-refractivity contribution in [3.05, 3.63) is 30.2 Å². The Morgan fingerprint density at radius 3 is 2.78 bits per heavy atom. The number of rotatable bonds is 4. The van der Waals surface area contributed by atoms with E-state index in [-0.39, 0.29) is 17.9 Å². The molecule has 0 N–H and O–H groups in total. The fourth-order valence-electron chi connectivity index (χ4n) is 4.29. The predicted molar refractivity (Wildman–Crippen MR) is 101 cm³/mol. The number of aromatic nitrogens is 2. The minimum absolute atomic E-state index is 0.0972. The average molecular weight is 369 g/mol. The molecular weight excluding hydrogens is 342 g/mol. The molecule has 2 aliphatic rings. The van der Waals surface area contributed by atoms with Gasteiger partial charge >= 0.3 is 0 Å². The molecule has 1 aromatic carbocycles. The summed E-state index contributed by atoms with van der Waals surface area (Å²) in [6, 6.07) is 7.52. The number of hydrogen-bond donors (Lipinski definition) is 0. The van der Waals surface area contributed by atoms with Gasteiger partial charge in [0.25, 0.3) is 0 Å². The molecule has 4 rings (SSSR count). The van der Waals surface area contributed by atoms with Gasteiger partial charge in [-0.05, 0) is 44.2 Å². The van der Waals surface area contributed by atoms with E-state index >= 15 is 0 Å². The first kappa shape index (κ1) is 18.0. The van der Waals surface area contributed by atoms with Crippen LogP contribution in [-0.2, 0) is 4.79 Å². The highest BCUT2D eigenvalue weighted by atomic mass is 16.5. The highest BCUT2D eigenvalue weighted by Crippen LogP contribution is 2.35. The molecule has 144 valence electrons. The van der Waals surface area contributed by atoms with Crippen molar-refractivity contribution in [3.8, 4) is 17.1 Å². The van der Waals surface area contributed by atoms with Crippen LogP contribution >= 0.6 is 0 Å². The smallest absolute Gasteiger partial charge is 0.249 e. The molecule has 1 aliphatic carbocycles. The van der Waals surface area contributed by atoms with E-state index in [9.17, 15) is 4.79 Å². The molecule has 1 unspecified atom stereocenters. The number of ether oxygens (including phenoxy) is 1. The normalized spacial score (nSPS) is 21.2. The lowest BCUT2D eigenvalue weighted by Gasteiger charge is -2.36. The van der Waals surface area contributed by atoms with Gasteiger partial charge in [-0.2, -0.15) is 4.98 Å². The Kier molecular flexibility index (Phi) is 5.41. The van der Waals surface area contributed by atoms with Gasteiger partial charge in [-0.15, -0.1) is 0 Å². The summed E-state index contributed by atoms with van der Waals surface area (Å²) in [6.07, 6.45) is 8.62. The van der Waals surface area contributed by atoms with Crippen LogP contribution in [-0.4, -0.2) is 34.6 Å². The molecule has 2 heterocycles. The summed E-state index contributed by atoms with van der Waals surface area (Å²) < 4.78 is 10.9. The van der Waals surface area contributed by atoms with E-state index in [2.05, 4.69) is 10.1 Å². The first-order valence-corrected chi connectivity index (χ1v) is 10.0. The zero-order valence-corrected chi connectivity index (χ0v) is 15.9. The molecule has 0 bridgehead atoms. The standard InChI is InChI=1S/C21H27N3O3/c1-26-17-11-7-10-16(14-17)19-22-20(27-23-19)18-12-5-6-13-24(18)21(25)15-8-3-2-4-9-15/h7,10-11,14-15,18H,2-6,8-9,12-13H2,1H3. The van der Waals surface area contributed by atoms with Gasteiger partial charge in [0, 0.05) is 18.0 Å². The fraction of sp³-hybridized carbons (Fsp3) is 0.571. The van der Waals surface area contributed by atoms with E-state index in [1.54, 1.807) is 7.11 Å². The number of benzene rings is 1. The van der Waals surface area contributed by atoms with E-state index in [1.165, 1.54) is 6.42 Å². The molecular formula is C21H27N3O3. The third-order valence-electron chi connectivity index (χ3n) is 5.80. The number of carbonyl (C=O) groups is 1. The molecule has 1 amide bonds. The molecule has 27 heavy (non-hydrogen) atoms. The van der Waals surface area contributed by atoms with E-state index in [0.717, 1.165) is 62.8 Å². The Morgan fingerprint density at radius 2 is 1.96 bits per heavy atom. The molecule has 1 aliphatic heterocycles. The quantitative estimate of drug-likeness (QED) is 0.800. The molecule has 1 saturated heterocycles. The summed E-state index contributed by atoms with van der Waals surface area (Å²) in [6.45, 7) is 0.789. The van der Waals surface area contributed by atoms with Crippen LogP contribution in [0.1, 0.15) is 63.3 Å². The summed E-state index contributed by atoms with van der Waals surface area (Å²) in [5.41, 5.74) is 0.852. The van der Waals surface area contributed by atoms with Crippen LogP contribution in [0.2, 0.25) is 0 Å². The van der Waals surface area contributed by atoms with Crippen LogP contribution < -0.4 is 4.74 Å². The molecule has 6 nitrogen and oxygen atoms in total. The van der Waals surface area contributed by atoms with Gasteiger partial charge in [0.15, 0.2) is 0 Å². The maximum Gasteiger partial charge on any atom is 0.249 e. The van der Waals surface area contributed by atoms with Gasteiger partial charge in [-0.25, -0.2) is 0 Å². The van der Waals surface area contributed by atoms with Gasteiger partial charge in [-0.1, -0.05) is 36.6 Å². The van der Waals surface area contributed by atoms with Gasteiger partial charge in [0.2, 0.25) is 17.6 Å². The predicted octanol–water partition coefficient (Wildman–Crippen LogP) is 4.38. The highest BCUT2D eigenvalue weighted by molar-refractivity contribution is 5.79. The summed E-state index contributed by atoms with van der Waals surface area (Å²) in [7, 11) is 1.64. The Balaban J connectivity index is 1.55. The highest BCUT2D eigenvalue weighted by Gasteiger charge is 2.35. The first-order chi connectivity index (χ1) is 13.3. The Bertz CT molecular complexity index is 782. The van der Waals surface area contributed by atoms with Crippen molar-refractivity contribution in [1.29, 1.82) is 0 Å².